The Balaban J connectivity index is 1.90. The summed E-state index contributed by atoms with van der Waals surface area (Å²) in [5.74, 6) is -1.08. The topological polar surface area (TPSA) is 63.0 Å². The van der Waals surface area contributed by atoms with Crippen molar-refractivity contribution in [1.82, 2.24) is 4.98 Å². The van der Waals surface area contributed by atoms with Gasteiger partial charge in [-0.3, -0.25) is 4.98 Å². The van der Waals surface area contributed by atoms with Gasteiger partial charge in [-0.25, -0.2) is 9.18 Å². The Morgan fingerprint density at radius 3 is 2.76 bits per heavy atom. The Hall–Kier alpha value is -3.26. The van der Waals surface area contributed by atoms with Crippen molar-refractivity contribution in [2.75, 3.05) is 0 Å². The Labute approximate surface area is 144 Å². The summed E-state index contributed by atoms with van der Waals surface area (Å²) in [4.78, 5) is 17.0. The average molecular weight is 334 g/mol. The Bertz CT molecular complexity index is 1020. The van der Waals surface area contributed by atoms with Gasteiger partial charge in [-0.1, -0.05) is 18.2 Å². The van der Waals surface area contributed by atoms with Crippen LogP contribution in [0.4, 0.5) is 4.39 Å². The highest BCUT2D eigenvalue weighted by atomic mass is 19.1. The summed E-state index contributed by atoms with van der Waals surface area (Å²) in [5.41, 5.74) is 3.01. The van der Waals surface area contributed by atoms with Gasteiger partial charge in [-0.15, -0.1) is 0 Å². The minimum Gasteiger partial charge on any atom is -0.457 e. The second kappa shape index (κ2) is 6.70. The third-order valence-corrected chi connectivity index (χ3v) is 4.07. The van der Waals surface area contributed by atoms with Crippen LogP contribution in [0.25, 0.3) is 10.9 Å². The number of aryl methyl sites for hydroxylation is 2. The molecule has 0 amide bonds. The monoisotopic (exact) mass is 334 g/mol. The van der Waals surface area contributed by atoms with Gasteiger partial charge in [0.05, 0.1) is 28.4 Å². The normalized spacial score (nSPS) is 10.5. The minimum absolute atomic E-state index is 0.163. The number of nitriles is 1. The molecule has 124 valence electrons. The van der Waals surface area contributed by atoms with Gasteiger partial charge in [0.15, 0.2) is 0 Å². The van der Waals surface area contributed by atoms with Gasteiger partial charge in [0.2, 0.25) is 0 Å². The molecular weight excluding hydrogens is 319 g/mol. The molecule has 1 aromatic heterocycles. The number of fused-ring (bicyclic) bond motifs is 1. The summed E-state index contributed by atoms with van der Waals surface area (Å²) in [5, 5.41) is 9.77. The van der Waals surface area contributed by atoms with Crippen LogP contribution in [0.15, 0.2) is 42.5 Å². The van der Waals surface area contributed by atoms with Crippen LogP contribution in [0.5, 0.6) is 0 Å². The van der Waals surface area contributed by atoms with Gasteiger partial charge in [-0.2, -0.15) is 5.26 Å². The average Bonchev–Trinajstić information content (AvgIpc) is 2.61. The second-order valence-electron chi connectivity index (χ2n) is 5.71. The van der Waals surface area contributed by atoms with Crippen LogP contribution in [0.1, 0.15) is 32.7 Å². The van der Waals surface area contributed by atoms with Gasteiger partial charge in [0, 0.05) is 10.9 Å². The molecule has 0 saturated carbocycles. The molecule has 4 nitrogen and oxygen atoms in total. The molecule has 0 aliphatic heterocycles. The van der Waals surface area contributed by atoms with Gasteiger partial charge in [0.1, 0.15) is 12.4 Å². The third-order valence-electron chi connectivity index (χ3n) is 4.07. The summed E-state index contributed by atoms with van der Waals surface area (Å²) < 4.78 is 19.1. The summed E-state index contributed by atoms with van der Waals surface area (Å²) in [6.45, 7) is 3.34. The molecule has 25 heavy (non-hydrogen) atoms. The lowest BCUT2D eigenvalue weighted by atomic mass is 10.0. The van der Waals surface area contributed by atoms with Crippen LogP contribution >= 0.6 is 0 Å². The predicted molar refractivity (Wildman–Crippen MR) is 91.5 cm³/mol. The van der Waals surface area contributed by atoms with E-state index in [0.29, 0.717) is 16.8 Å². The fraction of sp³-hybridized carbons (Fsp3) is 0.150. The number of aromatic nitrogens is 1. The van der Waals surface area contributed by atoms with E-state index >= 15 is 0 Å². The number of pyridine rings is 1. The van der Waals surface area contributed by atoms with Crippen molar-refractivity contribution in [3.05, 3.63) is 76.2 Å². The SMILES string of the molecule is Cc1nc2ccccc2c(C)c1C(=O)OCc1cc(C#N)ccc1F. The van der Waals surface area contributed by atoms with Crippen molar-refractivity contribution in [3.63, 3.8) is 0 Å². The molecular formula is C20H15FN2O2. The van der Waals surface area contributed by atoms with E-state index < -0.39 is 11.8 Å². The van der Waals surface area contributed by atoms with E-state index in [1.54, 1.807) is 6.92 Å². The van der Waals surface area contributed by atoms with Gasteiger partial charge >= 0.3 is 5.97 Å². The Kier molecular flexibility index (Phi) is 4.44. The number of ether oxygens (including phenoxy) is 1. The first-order valence-corrected chi connectivity index (χ1v) is 7.73. The lowest BCUT2D eigenvalue weighted by molar-refractivity contribution is 0.0467. The molecule has 0 bridgehead atoms. The molecule has 3 aromatic rings. The molecule has 0 aliphatic rings. The number of para-hydroxylation sites is 1. The molecule has 0 aliphatic carbocycles. The van der Waals surface area contributed by atoms with Crippen molar-refractivity contribution in [2.45, 2.75) is 20.5 Å². The molecule has 0 radical (unpaired) electrons. The van der Waals surface area contributed by atoms with Crippen LogP contribution in [-0.2, 0) is 11.3 Å². The largest absolute Gasteiger partial charge is 0.457 e. The molecule has 0 atom stereocenters. The lowest BCUT2D eigenvalue weighted by Crippen LogP contribution is -2.11. The highest BCUT2D eigenvalue weighted by Gasteiger charge is 2.18. The maximum Gasteiger partial charge on any atom is 0.340 e. The van der Waals surface area contributed by atoms with Crippen LogP contribution in [0.3, 0.4) is 0 Å². The molecule has 3 rings (SSSR count). The number of carbonyl (C=O) groups excluding carboxylic acids is 1. The summed E-state index contributed by atoms with van der Waals surface area (Å²) in [6.07, 6.45) is 0. The first-order valence-electron chi connectivity index (χ1n) is 7.73. The van der Waals surface area contributed by atoms with E-state index in [-0.39, 0.29) is 12.2 Å². The first kappa shape index (κ1) is 16.6. The van der Waals surface area contributed by atoms with E-state index in [1.165, 1.54) is 18.2 Å². The minimum atomic E-state index is -0.560. The smallest absolute Gasteiger partial charge is 0.340 e. The number of benzene rings is 2. The molecule has 0 N–H and O–H groups in total. The number of rotatable bonds is 3. The lowest BCUT2D eigenvalue weighted by Gasteiger charge is -2.12. The molecule has 0 spiro atoms. The summed E-state index contributed by atoms with van der Waals surface area (Å²) in [7, 11) is 0. The Morgan fingerprint density at radius 1 is 1.24 bits per heavy atom. The second-order valence-corrected chi connectivity index (χ2v) is 5.71. The first-order chi connectivity index (χ1) is 12.0. The van der Waals surface area contributed by atoms with Crippen LogP contribution in [0, 0.1) is 31.0 Å². The number of halogens is 1. The van der Waals surface area contributed by atoms with Crippen LogP contribution in [-0.4, -0.2) is 11.0 Å². The van der Waals surface area contributed by atoms with Crippen molar-refractivity contribution >= 4 is 16.9 Å². The number of hydrogen-bond acceptors (Lipinski definition) is 4. The maximum atomic E-state index is 13.8. The van der Waals surface area contributed by atoms with Crippen LogP contribution < -0.4 is 0 Å². The van der Waals surface area contributed by atoms with E-state index in [9.17, 15) is 9.18 Å². The summed E-state index contributed by atoms with van der Waals surface area (Å²) >= 11 is 0. The molecule has 0 saturated heterocycles. The van der Waals surface area contributed by atoms with Crippen molar-refractivity contribution in [3.8, 4) is 6.07 Å². The van der Waals surface area contributed by atoms with Gasteiger partial charge in [-0.05, 0) is 43.7 Å². The predicted octanol–water partition coefficient (Wildman–Crippen LogP) is 4.22. The molecule has 2 aromatic carbocycles. The van der Waals surface area contributed by atoms with E-state index in [0.717, 1.165) is 16.5 Å². The number of carbonyl (C=O) groups is 1. The fourth-order valence-electron chi connectivity index (χ4n) is 2.80. The number of nitrogens with zero attached hydrogens (tertiary/aromatic N) is 2. The fourth-order valence-corrected chi connectivity index (χ4v) is 2.80. The number of esters is 1. The molecule has 0 fully saturated rings. The third kappa shape index (κ3) is 3.20. The molecule has 5 heteroatoms. The highest BCUT2D eigenvalue weighted by molar-refractivity contribution is 5.98. The quantitative estimate of drug-likeness (QED) is 0.673. The van der Waals surface area contributed by atoms with Crippen molar-refractivity contribution < 1.29 is 13.9 Å². The van der Waals surface area contributed by atoms with E-state index in [4.69, 9.17) is 10.00 Å². The molecule has 0 unspecified atom stereocenters. The Morgan fingerprint density at radius 2 is 2.00 bits per heavy atom. The van der Waals surface area contributed by atoms with Crippen molar-refractivity contribution in [1.29, 1.82) is 5.26 Å². The highest BCUT2D eigenvalue weighted by Crippen LogP contribution is 2.23. The van der Waals surface area contributed by atoms with Crippen LogP contribution in [0.2, 0.25) is 0 Å². The van der Waals surface area contributed by atoms with E-state index in [1.807, 2.05) is 37.3 Å². The summed E-state index contributed by atoms with van der Waals surface area (Å²) in [6, 6.07) is 13.4. The zero-order valence-corrected chi connectivity index (χ0v) is 13.8. The zero-order chi connectivity index (χ0) is 18.0. The van der Waals surface area contributed by atoms with Crippen molar-refractivity contribution in [2.24, 2.45) is 0 Å². The number of hydrogen-bond donors (Lipinski definition) is 0. The maximum absolute atomic E-state index is 13.8. The zero-order valence-electron chi connectivity index (χ0n) is 13.8. The van der Waals surface area contributed by atoms with Gasteiger partial charge < -0.3 is 4.74 Å². The van der Waals surface area contributed by atoms with E-state index in [2.05, 4.69) is 4.98 Å². The standard InChI is InChI=1S/C20H15FN2O2/c1-12-16-5-3-4-6-18(16)23-13(2)19(12)20(24)25-11-15-9-14(10-22)7-8-17(15)21/h3-9H,11H2,1-2H3. The van der Waals surface area contributed by atoms with Gasteiger partial charge in [0.25, 0.3) is 0 Å². The molecule has 1 heterocycles.